The molecule has 0 spiro atoms. The molecule has 198 valence electrons. The molecule has 3 fully saturated rings. The molecule has 0 aromatic heterocycles. The Hall–Kier alpha value is -2.36. The van der Waals surface area contributed by atoms with Crippen molar-refractivity contribution >= 4 is 17.6 Å². The number of anilines is 1. The fraction of sp³-hybridized carbons (Fsp3) is 0.704. The number of rotatable bonds is 8. The molecule has 0 unspecified atom stereocenters. The highest BCUT2D eigenvalue weighted by Gasteiger charge is 2.46. The summed E-state index contributed by atoms with van der Waals surface area (Å²) in [5.74, 6) is 0.724. The fourth-order valence-electron chi connectivity index (χ4n) is 6.21. The highest BCUT2D eigenvalue weighted by molar-refractivity contribution is 5.89. The van der Waals surface area contributed by atoms with Crippen LogP contribution in [0.25, 0.3) is 0 Å². The lowest BCUT2D eigenvalue weighted by atomic mass is 9.84. The highest BCUT2D eigenvalue weighted by atomic mass is 16.6. The third-order valence-corrected chi connectivity index (χ3v) is 8.06. The molecule has 1 aromatic carbocycles. The zero-order chi connectivity index (χ0) is 24.9. The van der Waals surface area contributed by atoms with Crippen LogP contribution >= 0.6 is 0 Å². The van der Waals surface area contributed by atoms with Gasteiger partial charge in [-0.05, 0) is 63.4 Å². The Balaban J connectivity index is 1.17. The zero-order valence-electron chi connectivity index (χ0n) is 21.0. The first kappa shape index (κ1) is 25.3. The molecule has 1 saturated carbocycles. The molecule has 4 aliphatic rings. The minimum Gasteiger partial charge on any atom is -0.487 e. The van der Waals surface area contributed by atoms with Gasteiger partial charge in [-0.1, -0.05) is 19.3 Å². The van der Waals surface area contributed by atoms with Gasteiger partial charge in [-0.25, -0.2) is 4.79 Å². The average molecular weight is 501 g/mol. The quantitative estimate of drug-likeness (QED) is 0.437. The van der Waals surface area contributed by atoms with Crippen LogP contribution in [0.15, 0.2) is 18.2 Å². The van der Waals surface area contributed by atoms with E-state index >= 15 is 0 Å². The summed E-state index contributed by atoms with van der Waals surface area (Å²) in [6.07, 6.45) is 7.96. The molecule has 0 bridgehead atoms. The number of likely N-dealkylation sites (tertiary alicyclic amines) is 1. The van der Waals surface area contributed by atoms with Crippen molar-refractivity contribution in [3.8, 4) is 5.75 Å². The van der Waals surface area contributed by atoms with Crippen molar-refractivity contribution in [2.24, 2.45) is 0 Å². The van der Waals surface area contributed by atoms with Gasteiger partial charge in [-0.15, -0.1) is 0 Å². The predicted octanol–water partition coefficient (Wildman–Crippen LogP) is 2.74. The Bertz CT molecular complexity index is 915. The van der Waals surface area contributed by atoms with Crippen molar-refractivity contribution < 1.29 is 24.2 Å². The number of urea groups is 1. The molecule has 9 nitrogen and oxygen atoms in total. The van der Waals surface area contributed by atoms with Gasteiger partial charge in [-0.2, -0.15) is 0 Å². The fourth-order valence-corrected chi connectivity index (χ4v) is 6.21. The van der Waals surface area contributed by atoms with Crippen molar-refractivity contribution in [3.63, 3.8) is 0 Å². The number of aliphatic hydroxyl groups excluding tert-OH is 1. The van der Waals surface area contributed by atoms with E-state index < -0.39 is 6.10 Å². The summed E-state index contributed by atoms with van der Waals surface area (Å²) < 4.78 is 12.2. The Morgan fingerprint density at radius 2 is 1.89 bits per heavy atom. The van der Waals surface area contributed by atoms with Crippen LogP contribution in [-0.4, -0.2) is 79.1 Å². The summed E-state index contributed by atoms with van der Waals surface area (Å²) in [6.45, 7) is 3.58. The van der Waals surface area contributed by atoms with Gasteiger partial charge in [0.2, 0.25) is 5.91 Å². The van der Waals surface area contributed by atoms with Crippen LogP contribution in [0, 0.1) is 0 Å². The molecular weight excluding hydrogens is 460 g/mol. The largest absolute Gasteiger partial charge is 0.487 e. The van der Waals surface area contributed by atoms with E-state index in [1.165, 1.54) is 19.3 Å². The van der Waals surface area contributed by atoms with E-state index in [-0.39, 0.29) is 49.1 Å². The molecule has 36 heavy (non-hydrogen) atoms. The lowest BCUT2D eigenvalue weighted by molar-refractivity contribution is -0.142. The number of piperidine rings is 1. The standard InChI is InChI=1S/C27H40N4O5/c32-17-24-26-22(15-20(35-24)16-25(33)28-10-13-31-11-4-1-5-12-31)21-14-19(8-9-23(21)36-26)30-27(34)29-18-6-2-3-7-18/h8-9,14,18,20,22,24,26,32H,1-7,10-13,15-17H2,(H,28,33)(H2,29,30,34)/t20-,22-,24+,26+/m0/s1. The summed E-state index contributed by atoms with van der Waals surface area (Å²) in [7, 11) is 0. The molecule has 3 heterocycles. The molecule has 1 aromatic rings. The molecule has 4 atom stereocenters. The highest BCUT2D eigenvalue weighted by Crippen LogP contribution is 2.47. The van der Waals surface area contributed by atoms with Gasteiger partial charge in [0.05, 0.1) is 19.1 Å². The normalized spacial score (nSPS) is 28.1. The Morgan fingerprint density at radius 3 is 2.67 bits per heavy atom. The summed E-state index contributed by atoms with van der Waals surface area (Å²) in [4.78, 5) is 27.5. The monoisotopic (exact) mass is 500 g/mol. The first-order chi connectivity index (χ1) is 17.6. The van der Waals surface area contributed by atoms with Crippen LogP contribution in [0.3, 0.4) is 0 Å². The predicted molar refractivity (Wildman–Crippen MR) is 136 cm³/mol. The van der Waals surface area contributed by atoms with Crippen LogP contribution in [0.5, 0.6) is 5.75 Å². The topological polar surface area (TPSA) is 112 Å². The summed E-state index contributed by atoms with van der Waals surface area (Å²) >= 11 is 0. The van der Waals surface area contributed by atoms with Gasteiger partial charge in [-0.3, -0.25) is 4.79 Å². The smallest absolute Gasteiger partial charge is 0.319 e. The molecule has 3 aliphatic heterocycles. The van der Waals surface area contributed by atoms with E-state index in [1.54, 1.807) is 0 Å². The van der Waals surface area contributed by atoms with Crippen molar-refractivity contribution in [1.82, 2.24) is 15.5 Å². The molecule has 0 radical (unpaired) electrons. The maximum absolute atomic E-state index is 12.6. The molecule has 1 aliphatic carbocycles. The van der Waals surface area contributed by atoms with E-state index in [9.17, 15) is 14.7 Å². The van der Waals surface area contributed by atoms with Gasteiger partial charge in [0.25, 0.3) is 0 Å². The maximum Gasteiger partial charge on any atom is 0.319 e. The molecule has 5 rings (SSSR count). The van der Waals surface area contributed by atoms with Crippen molar-refractivity contribution in [2.75, 3.05) is 38.1 Å². The van der Waals surface area contributed by atoms with E-state index in [0.29, 0.717) is 18.7 Å². The number of carbonyl (C=O) groups is 2. The summed E-state index contributed by atoms with van der Waals surface area (Å²) in [5.41, 5.74) is 1.71. The van der Waals surface area contributed by atoms with Gasteiger partial charge in [0.15, 0.2) is 0 Å². The number of carbonyl (C=O) groups excluding carboxylic acids is 2. The van der Waals surface area contributed by atoms with Crippen LogP contribution < -0.4 is 20.7 Å². The Kier molecular flexibility index (Phi) is 8.29. The maximum atomic E-state index is 12.6. The summed E-state index contributed by atoms with van der Waals surface area (Å²) in [5, 5.41) is 19.0. The van der Waals surface area contributed by atoms with Crippen LogP contribution in [0.4, 0.5) is 10.5 Å². The third-order valence-electron chi connectivity index (χ3n) is 8.06. The molecule has 9 heteroatoms. The second kappa shape index (κ2) is 11.8. The first-order valence-corrected chi connectivity index (χ1v) is 13.7. The Morgan fingerprint density at radius 1 is 1.08 bits per heavy atom. The van der Waals surface area contributed by atoms with E-state index in [4.69, 9.17) is 9.47 Å². The summed E-state index contributed by atoms with van der Waals surface area (Å²) in [6, 6.07) is 5.74. The molecular formula is C27H40N4O5. The van der Waals surface area contributed by atoms with Crippen LogP contribution in [0.2, 0.25) is 0 Å². The van der Waals surface area contributed by atoms with Crippen LogP contribution in [0.1, 0.15) is 69.3 Å². The first-order valence-electron chi connectivity index (χ1n) is 13.7. The van der Waals surface area contributed by atoms with E-state index in [0.717, 1.165) is 56.6 Å². The number of benzene rings is 1. The van der Waals surface area contributed by atoms with Crippen molar-refractivity contribution in [3.05, 3.63) is 23.8 Å². The van der Waals surface area contributed by atoms with Crippen molar-refractivity contribution in [1.29, 1.82) is 0 Å². The van der Waals surface area contributed by atoms with Gasteiger partial charge in [0.1, 0.15) is 18.0 Å². The number of amides is 3. The number of nitrogens with zero attached hydrogens (tertiary/aromatic N) is 1. The van der Waals surface area contributed by atoms with Gasteiger partial charge in [0, 0.05) is 36.3 Å². The SMILES string of the molecule is O=C(C[C@@H]1C[C@H]2c3cc(NC(=O)NC4CCCC4)ccc3O[C@H]2[C@@H](CO)O1)NCCN1CCCCC1. The van der Waals surface area contributed by atoms with Crippen molar-refractivity contribution in [2.45, 2.75) is 88.1 Å². The number of aliphatic hydroxyl groups is 1. The number of ether oxygens (including phenoxy) is 2. The number of fused-ring (bicyclic) bond motifs is 3. The number of hydrogen-bond acceptors (Lipinski definition) is 6. The minimum absolute atomic E-state index is 0.00306. The van der Waals surface area contributed by atoms with E-state index in [2.05, 4.69) is 20.9 Å². The zero-order valence-corrected chi connectivity index (χ0v) is 21.0. The van der Waals surface area contributed by atoms with Crippen LogP contribution in [-0.2, 0) is 9.53 Å². The molecule has 2 saturated heterocycles. The average Bonchev–Trinajstić information content (AvgIpc) is 3.52. The second-order valence-electron chi connectivity index (χ2n) is 10.7. The molecule has 3 amide bonds. The minimum atomic E-state index is -0.496. The number of hydrogen-bond donors (Lipinski definition) is 4. The van der Waals surface area contributed by atoms with Gasteiger partial charge < -0.3 is 35.4 Å². The molecule has 4 N–H and O–H groups in total. The van der Waals surface area contributed by atoms with E-state index in [1.807, 2.05) is 18.2 Å². The number of nitrogens with one attached hydrogen (secondary N) is 3. The lowest BCUT2D eigenvalue weighted by Crippen LogP contribution is -2.47. The lowest BCUT2D eigenvalue weighted by Gasteiger charge is -2.37. The van der Waals surface area contributed by atoms with Gasteiger partial charge >= 0.3 is 6.03 Å². The third kappa shape index (κ3) is 6.12. The second-order valence-corrected chi connectivity index (χ2v) is 10.7. The Labute approximate surface area is 213 Å².